The zero-order chi connectivity index (χ0) is 11.4. The second-order valence-corrected chi connectivity index (χ2v) is 4.71. The predicted octanol–water partition coefficient (Wildman–Crippen LogP) is 3.61. The highest BCUT2D eigenvalue weighted by Gasteiger charge is 2.01. The number of halogens is 1. The molecule has 0 saturated carbocycles. The number of nitrogens with zero attached hydrogens (tertiary/aromatic N) is 1. The summed E-state index contributed by atoms with van der Waals surface area (Å²) in [7, 11) is 0. The van der Waals surface area contributed by atoms with E-state index in [9.17, 15) is 0 Å². The third-order valence-corrected chi connectivity index (χ3v) is 3.43. The molecule has 0 amide bonds. The van der Waals surface area contributed by atoms with Gasteiger partial charge in [0.1, 0.15) is 5.03 Å². The first kappa shape index (κ1) is 11.3. The second kappa shape index (κ2) is 5.23. The van der Waals surface area contributed by atoms with E-state index >= 15 is 0 Å². The Morgan fingerprint density at radius 2 is 1.94 bits per heavy atom. The van der Waals surface area contributed by atoms with Crippen LogP contribution in [0.4, 0.5) is 5.69 Å². The van der Waals surface area contributed by atoms with Gasteiger partial charge in [-0.3, -0.25) is 0 Å². The fourth-order valence-corrected chi connectivity index (χ4v) is 2.25. The zero-order valence-electron chi connectivity index (χ0n) is 8.56. The number of rotatable bonds is 3. The minimum atomic E-state index is 0.724. The molecule has 0 aliphatic carbocycles. The number of nitrogen functional groups attached to an aromatic ring is 1. The van der Waals surface area contributed by atoms with Gasteiger partial charge in [-0.05, 0) is 29.8 Å². The van der Waals surface area contributed by atoms with Crippen LogP contribution in [0.3, 0.4) is 0 Å². The van der Waals surface area contributed by atoms with Crippen molar-refractivity contribution in [2.45, 2.75) is 10.8 Å². The summed E-state index contributed by atoms with van der Waals surface area (Å²) in [6, 6.07) is 11.5. The molecule has 0 aliphatic heterocycles. The van der Waals surface area contributed by atoms with E-state index in [1.54, 1.807) is 18.0 Å². The van der Waals surface area contributed by atoms with Crippen LogP contribution < -0.4 is 5.73 Å². The van der Waals surface area contributed by atoms with Crippen molar-refractivity contribution in [2.75, 3.05) is 5.73 Å². The van der Waals surface area contributed by atoms with E-state index < -0.39 is 0 Å². The third kappa shape index (κ3) is 2.90. The molecule has 82 valence electrons. The summed E-state index contributed by atoms with van der Waals surface area (Å²) in [5.41, 5.74) is 7.74. The lowest BCUT2D eigenvalue weighted by Crippen LogP contribution is -1.91. The molecule has 0 spiro atoms. The molecule has 1 heterocycles. The summed E-state index contributed by atoms with van der Waals surface area (Å²) in [6.45, 7) is 0. The summed E-state index contributed by atoms with van der Waals surface area (Å²) in [4.78, 5) is 4.22. The molecule has 1 aromatic heterocycles. The molecule has 0 bridgehead atoms. The first-order chi connectivity index (χ1) is 7.75. The summed E-state index contributed by atoms with van der Waals surface area (Å²) < 4.78 is 0. The van der Waals surface area contributed by atoms with Crippen LogP contribution in [0.2, 0.25) is 5.02 Å². The molecule has 1 aromatic carbocycles. The van der Waals surface area contributed by atoms with Gasteiger partial charge < -0.3 is 5.73 Å². The lowest BCUT2D eigenvalue weighted by atomic mass is 10.2. The van der Waals surface area contributed by atoms with Crippen LogP contribution in [-0.4, -0.2) is 4.98 Å². The largest absolute Gasteiger partial charge is 0.397 e. The quantitative estimate of drug-likeness (QED) is 0.846. The van der Waals surface area contributed by atoms with Crippen molar-refractivity contribution >= 4 is 29.1 Å². The molecule has 0 fully saturated rings. The second-order valence-electron chi connectivity index (χ2n) is 3.31. The minimum absolute atomic E-state index is 0.724. The average molecular weight is 251 g/mol. The fraction of sp³-hybridized carbons (Fsp3) is 0.0833. The van der Waals surface area contributed by atoms with Crippen LogP contribution in [0.5, 0.6) is 0 Å². The number of thioether (sulfide) groups is 1. The highest BCUT2D eigenvalue weighted by atomic mass is 35.5. The van der Waals surface area contributed by atoms with Crippen LogP contribution in [-0.2, 0) is 5.75 Å². The zero-order valence-corrected chi connectivity index (χ0v) is 10.1. The van der Waals surface area contributed by atoms with E-state index in [1.807, 2.05) is 36.4 Å². The maximum Gasteiger partial charge on any atom is 0.119 e. The third-order valence-electron chi connectivity index (χ3n) is 2.09. The first-order valence-corrected chi connectivity index (χ1v) is 6.20. The number of hydrogen-bond acceptors (Lipinski definition) is 3. The minimum Gasteiger partial charge on any atom is -0.397 e. The van der Waals surface area contributed by atoms with Gasteiger partial charge in [0, 0.05) is 17.0 Å². The number of pyridine rings is 1. The standard InChI is InChI=1S/C12H11ClN2S/c13-10-5-3-9(4-6-10)8-16-12-11(14)2-1-7-15-12/h1-7H,8,14H2. The van der Waals surface area contributed by atoms with Crippen molar-refractivity contribution in [3.05, 3.63) is 53.2 Å². The van der Waals surface area contributed by atoms with Crippen LogP contribution in [0.25, 0.3) is 0 Å². The Balaban J connectivity index is 2.02. The normalized spacial score (nSPS) is 10.3. The SMILES string of the molecule is Nc1cccnc1SCc1ccc(Cl)cc1. The summed E-state index contributed by atoms with van der Waals surface area (Å²) in [5, 5.41) is 1.63. The molecule has 0 radical (unpaired) electrons. The molecule has 0 unspecified atom stereocenters. The van der Waals surface area contributed by atoms with Crippen LogP contribution in [0.15, 0.2) is 47.6 Å². The molecule has 0 aliphatic rings. The van der Waals surface area contributed by atoms with Gasteiger partial charge in [-0.1, -0.05) is 35.5 Å². The van der Waals surface area contributed by atoms with Crippen LogP contribution >= 0.6 is 23.4 Å². The lowest BCUT2D eigenvalue weighted by molar-refractivity contribution is 1.14. The lowest BCUT2D eigenvalue weighted by Gasteiger charge is -2.03. The number of hydrogen-bond donors (Lipinski definition) is 1. The Morgan fingerprint density at radius 3 is 2.62 bits per heavy atom. The Morgan fingerprint density at radius 1 is 1.19 bits per heavy atom. The molecule has 2 rings (SSSR count). The summed E-state index contributed by atoms with van der Waals surface area (Å²) in [6.07, 6.45) is 1.75. The maximum absolute atomic E-state index is 5.81. The summed E-state index contributed by atoms with van der Waals surface area (Å²) >= 11 is 7.44. The Bertz CT molecular complexity index is 471. The van der Waals surface area contributed by atoms with Crippen molar-refractivity contribution in [3.63, 3.8) is 0 Å². The molecular formula is C12H11ClN2S. The van der Waals surface area contributed by atoms with Crippen molar-refractivity contribution < 1.29 is 0 Å². The first-order valence-electron chi connectivity index (χ1n) is 4.83. The van der Waals surface area contributed by atoms with Crippen molar-refractivity contribution in [1.29, 1.82) is 0 Å². The highest BCUT2D eigenvalue weighted by Crippen LogP contribution is 2.25. The van der Waals surface area contributed by atoms with Crippen LogP contribution in [0, 0.1) is 0 Å². The fourth-order valence-electron chi connectivity index (χ4n) is 1.26. The van der Waals surface area contributed by atoms with E-state index in [0.717, 1.165) is 21.5 Å². The molecule has 4 heteroatoms. The molecule has 2 N–H and O–H groups in total. The van der Waals surface area contributed by atoms with Gasteiger partial charge in [-0.15, -0.1) is 0 Å². The van der Waals surface area contributed by atoms with E-state index in [4.69, 9.17) is 17.3 Å². The number of aromatic nitrogens is 1. The topological polar surface area (TPSA) is 38.9 Å². The van der Waals surface area contributed by atoms with Gasteiger partial charge in [0.05, 0.1) is 5.69 Å². The Labute approximate surface area is 104 Å². The van der Waals surface area contributed by atoms with Crippen molar-refractivity contribution in [1.82, 2.24) is 4.98 Å². The van der Waals surface area contributed by atoms with Crippen LogP contribution in [0.1, 0.15) is 5.56 Å². The van der Waals surface area contributed by atoms with E-state index in [1.165, 1.54) is 5.56 Å². The number of benzene rings is 1. The van der Waals surface area contributed by atoms with Gasteiger partial charge >= 0.3 is 0 Å². The maximum atomic E-state index is 5.81. The van der Waals surface area contributed by atoms with E-state index in [0.29, 0.717) is 0 Å². The van der Waals surface area contributed by atoms with Gasteiger partial charge in [-0.25, -0.2) is 4.98 Å². The highest BCUT2D eigenvalue weighted by molar-refractivity contribution is 7.98. The molecule has 2 nitrogen and oxygen atoms in total. The van der Waals surface area contributed by atoms with Gasteiger partial charge in [-0.2, -0.15) is 0 Å². The van der Waals surface area contributed by atoms with Gasteiger partial charge in [0.25, 0.3) is 0 Å². The number of nitrogens with two attached hydrogens (primary N) is 1. The molecule has 0 saturated heterocycles. The van der Waals surface area contributed by atoms with Gasteiger partial charge in [0.15, 0.2) is 0 Å². The molecular weight excluding hydrogens is 240 g/mol. The smallest absolute Gasteiger partial charge is 0.119 e. The summed E-state index contributed by atoms with van der Waals surface area (Å²) in [5.74, 6) is 0.846. The van der Waals surface area contributed by atoms with Gasteiger partial charge in [0.2, 0.25) is 0 Å². The molecule has 0 atom stereocenters. The predicted molar refractivity (Wildman–Crippen MR) is 69.7 cm³/mol. The van der Waals surface area contributed by atoms with E-state index in [2.05, 4.69) is 4.98 Å². The van der Waals surface area contributed by atoms with Crippen molar-refractivity contribution in [3.8, 4) is 0 Å². The monoisotopic (exact) mass is 250 g/mol. The average Bonchev–Trinajstić information content (AvgIpc) is 2.30. The Hall–Kier alpha value is -1.19. The van der Waals surface area contributed by atoms with Crippen molar-refractivity contribution in [2.24, 2.45) is 0 Å². The molecule has 2 aromatic rings. The number of anilines is 1. The molecule has 16 heavy (non-hydrogen) atoms. The van der Waals surface area contributed by atoms with E-state index in [-0.39, 0.29) is 0 Å². The Kier molecular flexibility index (Phi) is 3.70.